The van der Waals surface area contributed by atoms with E-state index in [1.165, 1.54) is 31.2 Å². The van der Waals surface area contributed by atoms with E-state index >= 15 is 0 Å². The average Bonchev–Trinajstić information content (AvgIpc) is 2.72. The van der Waals surface area contributed by atoms with Gasteiger partial charge in [-0.25, -0.2) is 8.78 Å². The van der Waals surface area contributed by atoms with E-state index in [2.05, 4.69) is 19.1 Å². The molecule has 2 aromatic carbocycles. The number of hydrogen-bond donors (Lipinski definition) is 0. The molecule has 0 heterocycles. The van der Waals surface area contributed by atoms with Crippen molar-refractivity contribution < 1.29 is 22.0 Å². The van der Waals surface area contributed by atoms with Gasteiger partial charge in [0.25, 0.3) is 0 Å². The summed E-state index contributed by atoms with van der Waals surface area (Å²) in [5.41, 5.74) is -0.0178. The molecule has 166 valence electrons. The molecular formula is C26H27F5. The summed E-state index contributed by atoms with van der Waals surface area (Å²) in [6.07, 6.45) is 6.76. The van der Waals surface area contributed by atoms with Crippen molar-refractivity contribution in [3.63, 3.8) is 0 Å². The largest absolute Gasteiger partial charge is 0.422 e. The van der Waals surface area contributed by atoms with Crippen molar-refractivity contribution in [1.29, 1.82) is 0 Å². The minimum absolute atomic E-state index is 0.112. The molecule has 0 aromatic heterocycles. The van der Waals surface area contributed by atoms with Gasteiger partial charge in [-0.15, -0.1) is 0 Å². The van der Waals surface area contributed by atoms with Gasteiger partial charge in [-0.05, 0) is 97.9 Å². The molecule has 2 saturated carbocycles. The maximum absolute atomic E-state index is 13.9. The lowest BCUT2D eigenvalue weighted by Crippen LogP contribution is -2.30. The summed E-state index contributed by atoms with van der Waals surface area (Å²) in [7, 11) is 0. The van der Waals surface area contributed by atoms with Crippen LogP contribution in [0.4, 0.5) is 22.0 Å². The first-order chi connectivity index (χ1) is 14.8. The second kappa shape index (κ2) is 8.76. The molecule has 0 amide bonds. The SMILES string of the molecule is C/C=C/C1CCC2CC(c3ccc(-c4cc(F)c(C(F)(F)F)c(F)c4)cc3)CCC2C1. The first-order valence-corrected chi connectivity index (χ1v) is 11.1. The summed E-state index contributed by atoms with van der Waals surface area (Å²) in [5.74, 6) is -0.445. The molecule has 4 unspecified atom stereocenters. The summed E-state index contributed by atoms with van der Waals surface area (Å²) >= 11 is 0. The highest BCUT2D eigenvalue weighted by atomic mass is 19.4. The third kappa shape index (κ3) is 4.70. The van der Waals surface area contributed by atoms with E-state index in [0.717, 1.165) is 36.8 Å². The third-order valence-corrected chi connectivity index (χ3v) is 7.16. The molecule has 2 fully saturated rings. The maximum atomic E-state index is 13.9. The van der Waals surface area contributed by atoms with Crippen molar-refractivity contribution in [2.24, 2.45) is 17.8 Å². The van der Waals surface area contributed by atoms with Crippen LogP contribution in [0.3, 0.4) is 0 Å². The maximum Gasteiger partial charge on any atom is 0.422 e. The van der Waals surface area contributed by atoms with E-state index in [-0.39, 0.29) is 5.56 Å². The summed E-state index contributed by atoms with van der Waals surface area (Å²) in [5, 5.41) is 0. The zero-order chi connectivity index (χ0) is 22.2. The number of alkyl halides is 3. The van der Waals surface area contributed by atoms with Crippen LogP contribution in [0.5, 0.6) is 0 Å². The van der Waals surface area contributed by atoms with Crippen molar-refractivity contribution in [3.8, 4) is 11.1 Å². The number of benzene rings is 2. The fourth-order valence-electron chi connectivity index (χ4n) is 5.63. The molecule has 2 aromatic rings. The summed E-state index contributed by atoms with van der Waals surface area (Å²) in [4.78, 5) is 0. The van der Waals surface area contributed by atoms with Gasteiger partial charge in [0.1, 0.15) is 17.2 Å². The van der Waals surface area contributed by atoms with Crippen molar-refractivity contribution in [1.82, 2.24) is 0 Å². The van der Waals surface area contributed by atoms with Crippen LogP contribution in [0.15, 0.2) is 48.6 Å². The highest BCUT2D eigenvalue weighted by Gasteiger charge is 2.38. The van der Waals surface area contributed by atoms with Crippen LogP contribution in [0, 0.1) is 29.4 Å². The lowest BCUT2D eigenvalue weighted by molar-refractivity contribution is -0.142. The molecule has 4 atom stereocenters. The Morgan fingerprint density at radius 2 is 1.42 bits per heavy atom. The zero-order valence-corrected chi connectivity index (χ0v) is 17.6. The van der Waals surface area contributed by atoms with Crippen LogP contribution in [-0.2, 0) is 6.18 Å². The Bertz CT molecular complexity index is 918. The Balaban J connectivity index is 1.47. The zero-order valence-electron chi connectivity index (χ0n) is 17.6. The summed E-state index contributed by atoms with van der Waals surface area (Å²) in [6.45, 7) is 2.08. The summed E-state index contributed by atoms with van der Waals surface area (Å²) < 4.78 is 66.3. The molecule has 5 heteroatoms. The lowest BCUT2D eigenvalue weighted by atomic mass is 9.64. The van der Waals surface area contributed by atoms with Gasteiger partial charge in [0.05, 0.1) is 0 Å². The van der Waals surface area contributed by atoms with Gasteiger partial charge in [-0.2, -0.15) is 13.2 Å². The molecule has 0 radical (unpaired) electrons. The number of rotatable bonds is 3. The second-order valence-electron chi connectivity index (χ2n) is 9.06. The molecule has 0 nitrogen and oxygen atoms in total. The second-order valence-corrected chi connectivity index (χ2v) is 9.06. The number of halogens is 5. The Hall–Kier alpha value is -2.17. The van der Waals surface area contributed by atoms with Gasteiger partial charge in [-0.1, -0.05) is 36.4 Å². The van der Waals surface area contributed by atoms with Gasteiger partial charge in [0, 0.05) is 0 Å². The van der Waals surface area contributed by atoms with Gasteiger partial charge < -0.3 is 0 Å². The van der Waals surface area contributed by atoms with E-state index in [4.69, 9.17) is 0 Å². The fraction of sp³-hybridized carbons (Fsp3) is 0.462. The standard InChI is InChI=1S/C26H27F5/c1-2-3-16-4-5-21-13-20(11-10-19(21)12-16)17-6-8-18(9-7-17)22-14-23(27)25(24(28)15-22)26(29,30)31/h2-3,6-9,14-16,19-21H,4-5,10-13H2,1H3/b3-2+. The van der Waals surface area contributed by atoms with Gasteiger partial charge >= 0.3 is 6.18 Å². The quantitative estimate of drug-likeness (QED) is 0.335. The average molecular weight is 434 g/mol. The van der Waals surface area contributed by atoms with Crippen LogP contribution < -0.4 is 0 Å². The summed E-state index contributed by atoms with van der Waals surface area (Å²) in [6, 6.07) is 8.95. The van der Waals surface area contributed by atoms with Crippen LogP contribution in [0.2, 0.25) is 0 Å². The minimum atomic E-state index is -5.05. The molecule has 2 aliphatic carbocycles. The number of hydrogen-bond acceptors (Lipinski definition) is 0. The number of allylic oxidation sites excluding steroid dienone is 2. The molecule has 0 N–H and O–H groups in total. The van der Waals surface area contributed by atoms with Crippen molar-refractivity contribution >= 4 is 0 Å². The van der Waals surface area contributed by atoms with Crippen molar-refractivity contribution in [2.75, 3.05) is 0 Å². The number of fused-ring (bicyclic) bond motifs is 1. The molecule has 0 aliphatic heterocycles. The Labute approximate surface area is 180 Å². The van der Waals surface area contributed by atoms with Crippen LogP contribution in [0.25, 0.3) is 11.1 Å². The highest BCUT2D eigenvalue weighted by Crippen LogP contribution is 2.48. The van der Waals surface area contributed by atoms with Gasteiger partial charge in [0.15, 0.2) is 0 Å². The predicted octanol–water partition coefficient (Wildman–Crippen LogP) is 8.53. The first-order valence-electron chi connectivity index (χ1n) is 11.1. The fourth-order valence-corrected chi connectivity index (χ4v) is 5.63. The lowest BCUT2D eigenvalue weighted by Gasteiger charge is -2.41. The molecule has 0 bridgehead atoms. The topological polar surface area (TPSA) is 0 Å². The Morgan fingerprint density at radius 1 is 0.806 bits per heavy atom. The van der Waals surface area contributed by atoms with E-state index in [0.29, 0.717) is 17.4 Å². The molecular weight excluding hydrogens is 407 g/mol. The molecule has 0 saturated heterocycles. The Kier molecular flexibility index (Phi) is 6.23. The van der Waals surface area contributed by atoms with Gasteiger partial charge in [-0.3, -0.25) is 0 Å². The van der Waals surface area contributed by atoms with E-state index < -0.39 is 23.4 Å². The van der Waals surface area contributed by atoms with E-state index in [9.17, 15) is 22.0 Å². The minimum Gasteiger partial charge on any atom is -0.206 e. The molecule has 31 heavy (non-hydrogen) atoms. The Morgan fingerprint density at radius 3 is 2.03 bits per heavy atom. The highest BCUT2D eigenvalue weighted by molar-refractivity contribution is 5.64. The molecule has 2 aliphatic rings. The van der Waals surface area contributed by atoms with Crippen molar-refractivity contribution in [2.45, 2.75) is 57.5 Å². The normalized spacial score (nSPS) is 26.8. The predicted molar refractivity (Wildman–Crippen MR) is 113 cm³/mol. The third-order valence-electron chi connectivity index (χ3n) is 7.16. The van der Waals surface area contributed by atoms with E-state index in [1.807, 2.05) is 12.1 Å². The smallest absolute Gasteiger partial charge is 0.206 e. The monoisotopic (exact) mass is 434 g/mol. The van der Waals surface area contributed by atoms with Crippen LogP contribution in [-0.4, -0.2) is 0 Å². The van der Waals surface area contributed by atoms with Crippen LogP contribution in [0.1, 0.15) is 62.5 Å². The van der Waals surface area contributed by atoms with E-state index in [1.54, 1.807) is 12.1 Å². The van der Waals surface area contributed by atoms with Crippen LogP contribution >= 0.6 is 0 Å². The molecule has 4 rings (SSSR count). The first kappa shape index (κ1) is 22.0. The van der Waals surface area contributed by atoms with Gasteiger partial charge in [0.2, 0.25) is 0 Å². The van der Waals surface area contributed by atoms with Crippen molar-refractivity contribution in [3.05, 3.63) is 71.3 Å². The molecule has 0 spiro atoms.